The van der Waals surface area contributed by atoms with E-state index in [2.05, 4.69) is 6.07 Å². The Morgan fingerprint density at radius 2 is 1.73 bits per heavy atom. The summed E-state index contributed by atoms with van der Waals surface area (Å²) in [5.74, 6) is -0.183. The molecule has 136 valence electrons. The molecule has 2 atom stereocenters. The first kappa shape index (κ1) is 19.3. The molecule has 0 amide bonds. The Balaban J connectivity index is 2.55. The van der Waals surface area contributed by atoms with Crippen molar-refractivity contribution in [2.24, 2.45) is 0 Å². The van der Waals surface area contributed by atoms with Crippen LogP contribution in [0.2, 0.25) is 0 Å². The number of rotatable bonds is 8. The number of carbonyl (C=O) groups is 1. The fourth-order valence-electron chi connectivity index (χ4n) is 3.04. The van der Waals surface area contributed by atoms with Gasteiger partial charge in [0.15, 0.2) is 11.5 Å². The van der Waals surface area contributed by atoms with Crippen LogP contribution in [0.3, 0.4) is 0 Å². The predicted octanol–water partition coefficient (Wildman–Crippen LogP) is 4.05. The first-order chi connectivity index (χ1) is 12.7. The molecule has 0 heterocycles. The lowest BCUT2D eigenvalue weighted by Gasteiger charge is -2.25. The van der Waals surface area contributed by atoms with Crippen LogP contribution in [0.4, 0.5) is 0 Å². The van der Waals surface area contributed by atoms with Crippen LogP contribution in [0.1, 0.15) is 36.3 Å². The predicted molar refractivity (Wildman–Crippen MR) is 98.3 cm³/mol. The van der Waals surface area contributed by atoms with Gasteiger partial charge in [0, 0.05) is 12.3 Å². The third-order valence-electron chi connectivity index (χ3n) is 4.25. The second-order valence-electron chi connectivity index (χ2n) is 5.72. The lowest BCUT2D eigenvalue weighted by atomic mass is 9.79. The molecule has 0 aliphatic rings. The molecule has 0 N–H and O–H groups in total. The standard InChI is InChI=1S/C21H23NO4/c1-4-26-21(23)20(16-10-11-18(24-2)19(14-16)25-3)17(12-13-22)15-8-6-5-7-9-15/h5-11,14,17,20H,4,12H2,1-3H3. The van der Waals surface area contributed by atoms with Gasteiger partial charge in [-0.3, -0.25) is 4.79 Å². The quantitative estimate of drug-likeness (QED) is 0.670. The maximum Gasteiger partial charge on any atom is 0.314 e. The van der Waals surface area contributed by atoms with Crippen molar-refractivity contribution in [3.8, 4) is 17.6 Å². The van der Waals surface area contributed by atoms with Crippen LogP contribution in [0.25, 0.3) is 0 Å². The largest absolute Gasteiger partial charge is 0.493 e. The molecule has 2 aromatic carbocycles. The summed E-state index contributed by atoms with van der Waals surface area (Å²) in [6, 6.07) is 17.1. The van der Waals surface area contributed by atoms with E-state index in [1.165, 1.54) is 0 Å². The van der Waals surface area contributed by atoms with Crippen molar-refractivity contribution in [3.05, 3.63) is 59.7 Å². The lowest BCUT2D eigenvalue weighted by Crippen LogP contribution is -2.23. The van der Waals surface area contributed by atoms with Crippen LogP contribution in [-0.4, -0.2) is 26.8 Å². The first-order valence-corrected chi connectivity index (χ1v) is 8.46. The van der Waals surface area contributed by atoms with Crippen molar-refractivity contribution >= 4 is 5.97 Å². The topological polar surface area (TPSA) is 68.6 Å². The van der Waals surface area contributed by atoms with E-state index in [1.54, 1.807) is 33.3 Å². The number of nitriles is 1. The molecule has 0 aliphatic heterocycles. The van der Waals surface area contributed by atoms with Crippen LogP contribution >= 0.6 is 0 Å². The summed E-state index contributed by atoms with van der Waals surface area (Å²) < 4.78 is 16.0. The van der Waals surface area contributed by atoms with Gasteiger partial charge in [0.05, 0.1) is 32.8 Å². The van der Waals surface area contributed by atoms with Crippen molar-refractivity contribution in [2.75, 3.05) is 20.8 Å². The highest BCUT2D eigenvalue weighted by Gasteiger charge is 2.33. The van der Waals surface area contributed by atoms with Gasteiger partial charge in [-0.1, -0.05) is 36.4 Å². The smallest absolute Gasteiger partial charge is 0.314 e. The van der Waals surface area contributed by atoms with Crippen molar-refractivity contribution in [3.63, 3.8) is 0 Å². The summed E-state index contributed by atoms with van der Waals surface area (Å²) in [6.07, 6.45) is 0.196. The fraction of sp³-hybridized carbons (Fsp3) is 0.333. The average Bonchev–Trinajstić information content (AvgIpc) is 2.68. The minimum absolute atomic E-state index is 0.196. The number of benzene rings is 2. The van der Waals surface area contributed by atoms with Gasteiger partial charge in [0.25, 0.3) is 0 Å². The van der Waals surface area contributed by atoms with Crippen molar-refractivity contribution in [1.29, 1.82) is 5.26 Å². The van der Waals surface area contributed by atoms with Crippen molar-refractivity contribution in [2.45, 2.75) is 25.2 Å². The highest BCUT2D eigenvalue weighted by Crippen LogP contribution is 2.39. The minimum atomic E-state index is -0.614. The maximum absolute atomic E-state index is 12.8. The number of hydrogen-bond donors (Lipinski definition) is 0. The molecule has 2 aromatic rings. The van der Waals surface area contributed by atoms with Crippen LogP contribution in [0, 0.1) is 11.3 Å². The highest BCUT2D eigenvalue weighted by molar-refractivity contribution is 5.80. The average molecular weight is 353 g/mol. The summed E-state index contributed by atoms with van der Waals surface area (Å²) in [5.41, 5.74) is 1.65. The van der Waals surface area contributed by atoms with Gasteiger partial charge in [-0.15, -0.1) is 0 Å². The molecule has 2 unspecified atom stereocenters. The van der Waals surface area contributed by atoms with Gasteiger partial charge in [0.2, 0.25) is 0 Å². The van der Waals surface area contributed by atoms with Crippen molar-refractivity contribution < 1.29 is 19.0 Å². The number of nitrogens with zero attached hydrogens (tertiary/aromatic N) is 1. The first-order valence-electron chi connectivity index (χ1n) is 8.46. The third kappa shape index (κ3) is 4.34. The summed E-state index contributed by atoms with van der Waals surface area (Å²) >= 11 is 0. The molecule has 2 rings (SSSR count). The maximum atomic E-state index is 12.8. The van der Waals surface area contributed by atoms with E-state index in [0.717, 1.165) is 11.1 Å². The summed E-state index contributed by atoms with van der Waals surface area (Å²) in [4.78, 5) is 12.8. The minimum Gasteiger partial charge on any atom is -0.493 e. The molecule has 0 spiro atoms. The summed E-state index contributed by atoms with van der Waals surface area (Å²) in [7, 11) is 3.10. The normalized spacial score (nSPS) is 12.5. The fourth-order valence-corrected chi connectivity index (χ4v) is 3.04. The van der Waals surface area contributed by atoms with E-state index in [9.17, 15) is 10.1 Å². The highest BCUT2D eigenvalue weighted by atomic mass is 16.5. The molecule has 5 nitrogen and oxygen atoms in total. The second-order valence-corrected chi connectivity index (χ2v) is 5.72. The number of ether oxygens (including phenoxy) is 3. The molecule has 0 aliphatic carbocycles. The Kier molecular flexibility index (Phi) is 7.04. The molecule has 5 heteroatoms. The zero-order valence-corrected chi connectivity index (χ0v) is 15.3. The Morgan fingerprint density at radius 1 is 1.04 bits per heavy atom. The molecule has 0 aromatic heterocycles. The molecule has 0 radical (unpaired) electrons. The van der Waals surface area contributed by atoms with Crippen molar-refractivity contribution in [1.82, 2.24) is 0 Å². The Bertz CT molecular complexity index is 767. The molecule has 0 saturated heterocycles. The Labute approximate surface area is 154 Å². The lowest BCUT2D eigenvalue weighted by molar-refractivity contribution is -0.145. The number of carbonyl (C=O) groups excluding carboxylic acids is 1. The summed E-state index contributed by atoms with van der Waals surface area (Å²) in [5, 5.41) is 9.34. The molecular weight excluding hydrogens is 330 g/mol. The SMILES string of the molecule is CCOC(=O)C(c1ccc(OC)c(OC)c1)C(CC#N)c1ccccc1. The van der Waals surface area contributed by atoms with E-state index < -0.39 is 5.92 Å². The van der Waals surface area contributed by atoms with Gasteiger partial charge in [-0.2, -0.15) is 5.26 Å². The van der Waals surface area contributed by atoms with E-state index >= 15 is 0 Å². The molecule has 0 fully saturated rings. The van der Waals surface area contributed by atoms with E-state index in [-0.39, 0.29) is 24.9 Å². The van der Waals surface area contributed by atoms with E-state index in [1.807, 2.05) is 36.4 Å². The van der Waals surface area contributed by atoms with E-state index in [0.29, 0.717) is 11.5 Å². The molecular formula is C21H23NO4. The van der Waals surface area contributed by atoms with Gasteiger partial charge >= 0.3 is 5.97 Å². The zero-order chi connectivity index (χ0) is 18.9. The monoisotopic (exact) mass is 353 g/mol. The molecule has 0 saturated carbocycles. The number of methoxy groups -OCH3 is 2. The van der Waals surface area contributed by atoms with Crippen LogP contribution in [-0.2, 0) is 9.53 Å². The second kappa shape index (κ2) is 9.47. The van der Waals surface area contributed by atoms with Crippen LogP contribution < -0.4 is 9.47 Å². The molecule has 26 heavy (non-hydrogen) atoms. The van der Waals surface area contributed by atoms with Gasteiger partial charge in [-0.05, 0) is 30.2 Å². The van der Waals surface area contributed by atoms with Gasteiger partial charge < -0.3 is 14.2 Å². The Hall–Kier alpha value is -3.00. The number of hydrogen-bond acceptors (Lipinski definition) is 5. The third-order valence-corrected chi connectivity index (χ3v) is 4.25. The summed E-state index contributed by atoms with van der Waals surface area (Å²) in [6.45, 7) is 2.04. The van der Waals surface area contributed by atoms with Gasteiger partial charge in [-0.25, -0.2) is 0 Å². The van der Waals surface area contributed by atoms with Crippen LogP contribution in [0.15, 0.2) is 48.5 Å². The van der Waals surface area contributed by atoms with E-state index in [4.69, 9.17) is 14.2 Å². The Morgan fingerprint density at radius 3 is 2.31 bits per heavy atom. The number of esters is 1. The van der Waals surface area contributed by atoms with Crippen LogP contribution in [0.5, 0.6) is 11.5 Å². The van der Waals surface area contributed by atoms with Gasteiger partial charge in [0.1, 0.15) is 0 Å². The zero-order valence-electron chi connectivity index (χ0n) is 15.3. The molecule has 0 bridgehead atoms.